The van der Waals surface area contributed by atoms with Crippen molar-refractivity contribution in [2.75, 3.05) is 19.8 Å². The number of halogens is 3. The molecule has 9 heteroatoms. The predicted octanol–water partition coefficient (Wildman–Crippen LogP) is 2.12. The third-order valence-electron chi connectivity index (χ3n) is 3.35. The third kappa shape index (κ3) is 4.34. The van der Waals surface area contributed by atoms with Crippen LogP contribution in [-0.2, 0) is 20.9 Å². The number of phenolic OH excluding ortho intramolecular Hbond substituents is 1. The van der Waals surface area contributed by atoms with Crippen molar-refractivity contribution in [3.63, 3.8) is 0 Å². The first kappa shape index (κ1) is 17.0. The fourth-order valence-corrected chi connectivity index (χ4v) is 3.36. The molecule has 1 aliphatic rings. The van der Waals surface area contributed by atoms with E-state index in [1.807, 2.05) is 0 Å². The lowest BCUT2D eigenvalue weighted by atomic mass is 10.0. The van der Waals surface area contributed by atoms with Crippen LogP contribution in [0.1, 0.15) is 18.4 Å². The van der Waals surface area contributed by atoms with Crippen LogP contribution in [-0.4, -0.2) is 33.3 Å². The molecule has 0 amide bonds. The van der Waals surface area contributed by atoms with Crippen LogP contribution in [0.15, 0.2) is 23.1 Å². The minimum Gasteiger partial charge on any atom is -0.508 e. The second kappa shape index (κ2) is 6.43. The summed E-state index contributed by atoms with van der Waals surface area (Å²) >= 11 is 0. The van der Waals surface area contributed by atoms with Gasteiger partial charge in [-0.25, -0.2) is 13.1 Å². The van der Waals surface area contributed by atoms with Gasteiger partial charge < -0.3 is 9.84 Å². The maximum atomic E-state index is 12.7. The fourth-order valence-electron chi connectivity index (χ4n) is 2.18. The highest BCUT2D eigenvalue weighted by Gasteiger charge is 2.32. The standard InChI is InChI=1S/C13H16F3NO4S/c14-13(15,16)10-4-11(18)6-12(5-10)22(19,20)17-7-9-2-1-3-21-8-9/h4-6,9,17-18H,1-3,7-8H2. The molecule has 5 nitrogen and oxygen atoms in total. The Labute approximate surface area is 126 Å². The summed E-state index contributed by atoms with van der Waals surface area (Å²) in [6.07, 6.45) is -3.13. The first-order chi connectivity index (χ1) is 10.2. The summed E-state index contributed by atoms with van der Waals surface area (Å²) in [6.45, 7) is 1.13. The Balaban J connectivity index is 2.16. The van der Waals surface area contributed by atoms with Crippen molar-refractivity contribution in [1.82, 2.24) is 4.72 Å². The largest absolute Gasteiger partial charge is 0.508 e. The molecule has 1 saturated heterocycles. The van der Waals surface area contributed by atoms with Crippen LogP contribution in [0.5, 0.6) is 5.75 Å². The van der Waals surface area contributed by atoms with Crippen molar-refractivity contribution < 1.29 is 31.4 Å². The summed E-state index contributed by atoms with van der Waals surface area (Å²) in [7, 11) is -4.13. The van der Waals surface area contributed by atoms with Gasteiger partial charge >= 0.3 is 6.18 Å². The Morgan fingerprint density at radius 1 is 1.32 bits per heavy atom. The molecular formula is C13H16F3NO4S. The molecule has 1 atom stereocenters. The summed E-state index contributed by atoms with van der Waals surface area (Å²) in [4.78, 5) is -0.614. The van der Waals surface area contributed by atoms with Crippen LogP contribution in [0.3, 0.4) is 0 Å². The van der Waals surface area contributed by atoms with Crippen LogP contribution in [0, 0.1) is 5.92 Å². The molecule has 1 heterocycles. The molecule has 0 radical (unpaired) electrons. The van der Waals surface area contributed by atoms with Gasteiger partial charge in [0.05, 0.1) is 17.1 Å². The Morgan fingerprint density at radius 2 is 2.05 bits per heavy atom. The molecule has 2 rings (SSSR count). The zero-order valence-electron chi connectivity index (χ0n) is 11.6. The predicted molar refractivity (Wildman–Crippen MR) is 71.8 cm³/mol. The van der Waals surface area contributed by atoms with Crippen molar-refractivity contribution >= 4 is 10.0 Å². The molecule has 1 aromatic carbocycles. The number of alkyl halides is 3. The van der Waals surface area contributed by atoms with Crippen molar-refractivity contribution in [2.24, 2.45) is 5.92 Å². The minimum atomic E-state index is -4.74. The number of nitrogens with one attached hydrogen (secondary N) is 1. The van der Waals surface area contributed by atoms with Gasteiger partial charge in [0.15, 0.2) is 0 Å². The molecule has 0 spiro atoms. The molecule has 124 valence electrons. The average molecular weight is 339 g/mol. The Morgan fingerprint density at radius 3 is 2.64 bits per heavy atom. The van der Waals surface area contributed by atoms with E-state index in [-0.39, 0.29) is 12.5 Å². The van der Waals surface area contributed by atoms with Crippen LogP contribution in [0.2, 0.25) is 0 Å². The number of hydrogen-bond donors (Lipinski definition) is 2. The molecule has 0 bridgehead atoms. The summed E-state index contributed by atoms with van der Waals surface area (Å²) in [5.41, 5.74) is -1.21. The molecule has 22 heavy (non-hydrogen) atoms. The summed E-state index contributed by atoms with van der Waals surface area (Å²) < 4.78 is 69.6. The van der Waals surface area contributed by atoms with Gasteiger partial charge in [0.2, 0.25) is 10.0 Å². The summed E-state index contributed by atoms with van der Waals surface area (Å²) in [5.74, 6) is -0.765. The van der Waals surface area contributed by atoms with Gasteiger partial charge in [0.1, 0.15) is 5.75 Å². The highest BCUT2D eigenvalue weighted by molar-refractivity contribution is 7.89. The molecule has 1 unspecified atom stereocenters. The normalized spacial score (nSPS) is 20.0. The summed E-state index contributed by atoms with van der Waals surface area (Å²) in [5, 5.41) is 9.33. The van der Waals surface area contributed by atoms with Gasteiger partial charge in [-0.05, 0) is 37.0 Å². The van der Waals surface area contributed by atoms with Gasteiger partial charge in [-0.2, -0.15) is 13.2 Å². The van der Waals surface area contributed by atoms with Crippen LogP contribution >= 0.6 is 0 Å². The van der Waals surface area contributed by atoms with E-state index in [1.165, 1.54) is 0 Å². The Bertz CT molecular complexity index is 625. The summed E-state index contributed by atoms with van der Waals surface area (Å²) in [6, 6.07) is 1.77. The number of aromatic hydroxyl groups is 1. The number of benzene rings is 1. The van der Waals surface area contributed by atoms with E-state index < -0.39 is 32.4 Å². The molecule has 1 aromatic rings. The van der Waals surface area contributed by atoms with Gasteiger partial charge in [-0.1, -0.05) is 0 Å². The monoisotopic (exact) mass is 339 g/mol. The van der Waals surface area contributed by atoms with E-state index >= 15 is 0 Å². The number of hydrogen-bond acceptors (Lipinski definition) is 4. The van der Waals surface area contributed by atoms with E-state index in [1.54, 1.807) is 0 Å². The van der Waals surface area contributed by atoms with E-state index in [0.717, 1.165) is 18.9 Å². The molecule has 1 aliphatic heterocycles. The topological polar surface area (TPSA) is 75.6 Å². The van der Waals surface area contributed by atoms with Gasteiger partial charge in [-0.3, -0.25) is 0 Å². The number of rotatable bonds is 4. The second-order valence-corrected chi connectivity index (χ2v) is 6.92. The first-order valence-corrected chi connectivity index (χ1v) is 8.15. The van der Waals surface area contributed by atoms with E-state index in [9.17, 15) is 26.7 Å². The molecular weight excluding hydrogens is 323 g/mol. The number of ether oxygens (including phenoxy) is 1. The van der Waals surface area contributed by atoms with Crippen LogP contribution in [0.25, 0.3) is 0 Å². The third-order valence-corrected chi connectivity index (χ3v) is 4.75. The van der Waals surface area contributed by atoms with Crippen molar-refractivity contribution in [3.8, 4) is 5.75 Å². The Hall–Kier alpha value is -1.32. The van der Waals surface area contributed by atoms with E-state index in [0.29, 0.717) is 25.3 Å². The van der Waals surface area contributed by atoms with E-state index in [2.05, 4.69) is 4.72 Å². The van der Waals surface area contributed by atoms with Crippen molar-refractivity contribution in [2.45, 2.75) is 23.9 Å². The lowest BCUT2D eigenvalue weighted by Crippen LogP contribution is -2.33. The quantitative estimate of drug-likeness (QED) is 0.881. The zero-order valence-corrected chi connectivity index (χ0v) is 12.4. The molecule has 2 N–H and O–H groups in total. The van der Waals surface area contributed by atoms with Crippen LogP contribution < -0.4 is 4.72 Å². The van der Waals surface area contributed by atoms with E-state index in [4.69, 9.17) is 4.74 Å². The van der Waals surface area contributed by atoms with Crippen LogP contribution in [0.4, 0.5) is 13.2 Å². The van der Waals surface area contributed by atoms with Gasteiger partial charge in [-0.15, -0.1) is 0 Å². The molecule has 0 saturated carbocycles. The maximum absolute atomic E-state index is 12.7. The van der Waals surface area contributed by atoms with Crippen molar-refractivity contribution in [1.29, 1.82) is 0 Å². The molecule has 1 fully saturated rings. The lowest BCUT2D eigenvalue weighted by molar-refractivity contribution is -0.137. The Kier molecular flexibility index (Phi) is 4.98. The highest BCUT2D eigenvalue weighted by atomic mass is 32.2. The number of phenols is 1. The maximum Gasteiger partial charge on any atom is 0.416 e. The lowest BCUT2D eigenvalue weighted by Gasteiger charge is -2.22. The average Bonchev–Trinajstić information content (AvgIpc) is 2.45. The minimum absolute atomic E-state index is 0.0112. The second-order valence-electron chi connectivity index (χ2n) is 5.15. The molecule has 0 aromatic heterocycles. The van der Waals surface area contributed by atoms with Gasteiger partial charge in [0, 0.05) is 13.2 Å². The van der Waals surface area contributed by atoms with Crippen molar-refractivity contribution in [3.05, 3.63) is 23.8 Å². The SMILES string of the molecule is O=S(=O)(NCC1CCCOC1)c1cc(O)cc(C(F)(F)F)c1. The smallest absolute Gasteiger partial charge is 0.416 e. The highest BCUT2D eigenvalue weighted by Crippen LogP contribution is 2.33. The molecule has 0 aliphatic carbocycles. The first-order valence-electron chi connectivity index (χ1n) is 6.67. The number of sulfonamides is 1. The fraction of sp³-hybridized carbons (Fsp3) is 0.538. The van der Waals surface area contributed by atoms with Gasteiger partial charge in [0.25, 0.3) is 0 Å². The zero-order chi connectivity index (χ0) is 16.4.